The Hall–Kier alpha value is -2.30. The molecule has 2 aromatic rings. The van der Waals surface area contributed by atoms with E-state index in [1.165, 1.54) is 17.5 Å². The van der Waals surface area contributed by atoms with E-state index in [-0.39, 0.29) is 0 Å². The maximum Gasteiger partial charge on any atom is 0.191 e. The number of unbranched alkanes of at least 4 members (excludes halogenated alkanes) is 1. The largest absolute Gasteiger partial charge is 0.357 e. The number of nitrogens with one attached hydrogen (secondary N) is 2. The highest BCUT2D eigenvalue weighted by molar-refractivity contribution is 5.79. The van der Waals surface area contributed by atoms with E-state index >= 15 is 0 Å². The van der Waals surface area contributed by atoms with E-state index in [4.69, 9.17) is 0 Å². The van der Waals surface area contributed by atoms with Gasteiger partial charge in [-0.1, -0.05) is 37.6 Å². The van der Waals surface area contributed by atoms with Crippen LogP contribution < -0.4 is 10.6 Å². The molecule has 0 unspecified atom stereocenters. The van der Waals surface area contributed by atoms with Gasteiger partial charge in [-0.25, -0.2) is 9.98 Å². The Morgan fingerprint density at radius 3 is 2.57 bits per heavy atom. The van der Waals surface area contributed by atoms with Crippen molar-refractivity contribution >= 4 is 5.96 Å². The van der Waals surface area contributed by atoms with Crippen molar-refractivity contribution in [2.45, 2.75) is 39.8 Å². The molecule has 0 aliphatic rings. The summed E-state index contributed by atoms with van der Waals surface area (Å²) in [5.74, 6) is 0.892. The molecule has 1 aromatic carbocycles. The van der Waals surface area contributed by atoms with Crippen LogP contribution in [0.25, 0.3) is 0 Å². The lowest BCUT2D eigenvalue weighted by Gasteiger charge is -2.11. The molecular weight excluding hydrogens is 286 g/mol. The first-order chi connectivity index (χ1) is 11.3. The number of hydrogen-bond acceptors (Lipinski definition) is 2. The summed E-state index contributed by atoms with van der Waals surface area (Å²) in [7, 11) is 0. The molecule has 2 rings (SSSR count). The third kappa shape index (κ3) is 6.14. The SMILES string of the molecule is CCCCNC(=NCc1ccc(Cn2ccnc2)cc1)NCC. The van der Waals surface area contributed by atoms with Crippen LogP contribution in [0.3, 0.4) is 0 Å². The topological polar surface area (TPSA) is 54.2 Å². The first-order valence-electron chi connectivity index (χ1n) is 8.37. The Kier molecular flexibility index (Phi) is 7.17. The van der Waals surface area contributed by atoms with Gasteiger partial charge in [0.05, 0.1) is 12.9 Å². The van der Waals surface area contributed by atoms with Crippen LogP contribution in [0.15, 0.2) is 48.0 Å². The van der Waals surface area contributed by atoms with Crippen molar-refractivity contribution in [2.24, 2.45) is 4.99 Å². The maximum absolute atomic E-state index is 4.64. The van der Waals surface area contributed by atoms with E-state index in [2.05, 4.69) is 63.3 Å². The van der Waals surface area contributed by atoms with Crippen LogP contribution in [-0.4, -0.2) is 28.6 Å². The van der Waals surface area contributed by atoms with Gasteiger partial charge in [-0.05, 0) is 24.5 Å². The average Bonchev–Trinajstić information content (AvgIpc) is 3.07. The first kappa shape index (κ1) is 17.1. The smallest absolute Gasteiger partial charge is 0.191 e. The van der Waals surface area contributed by atoms with Crippen LogP contribution in [0, 0.1) is 0 Å². The van der Waals surface area contributed by atoms with E-state index < -0.39 is 0 Å². The fraction of sp³-hybridized carbons (Fsp3) is 0.444. The molecule has 0 bridgehead atoms. The quantitative estimate of drug-likeness (QED) is 0.448. The highest BCUT2D eigenvalue weighted by Gasteiger charge is 1.98. The van der Waals surface area contributed by atoms with Gasteiger partial charge in [0.15, 0.2) is 5.96 Å². The Morgan fingerprint density at radius 1 is 1.13 bits per heavy atom. The van der Waals surface area contributed by atoms with Crippen molar-refractivity contribution in [3.05, 3.63) is 54.1 Å². The van der Waals surface area contributed by atoms with Gasteiger partial charge in [0, 0.05) is 32.0 Å². The van der Waals surface area contributed by atoms with E-state index in [9.17, 15) is 0 Å². The molecule has 5 heteroatoms. The highest BCUT2D eigenvalue weighted by Crippen LogP contribution is 2.07. The minimum absolute atomic E-state index is 0.687. The monoisotopic (exact) mass is 313 g/mol. The zero-order valence-corrected chi connectivity index (χ0v) is 14.1. The van der Waals surface area contributed by atoms with Gasteiger partial charge in [0.25, 0.3) is 0 Å². The number of nitrogens with zero attached hydrogens (tertiary/aromatic N) is 3. The molecule has 1 heterocycles. The second-order valence-corrected chi connectivity index (χ2v) is 5.53. The van der Waals surface area contributed by atoms with Gasteiger partial charge >= 0.3 is 0 Å². The molecule has 5 nitrogen and oxygen atoms in total. The molecule has 0 aliphatic carbocycles. The minimum Gasteiger partial charge on any atom is -0.357 e. The van der Waals surface area contributed by atoms with Gasteiger partial charge in [-0.15, -0.1) is 0 Å². The number of imidazole rings is 1. The van der Waals surface area contributed by atoms with Gasteiger partial charge in [-0.2, -0.15) is 0 Å². The van der Waals surface area contributed by atoms with Gasteiger partial charge in [0.1, 0.15) is 0 Å². The van der Waals surface area contributed by atoms with Crippen LogP contribution in [0.4, 0.5) is 0 Å². The molecule has 124 valence electrons. The van der Waals surface area contributed by atoms with Crippen LogP contribution >= 0.6 is 0 Å². The Bertz CT molecular complexity index is 572. The van der Waals surface area contributed by atoms with E-state index in [0.29, 0.717) is 6.54 Å². The van der Waals surface area contributed by atoms with E-state index in [1.807, 2.05) is 12.5 Å². The van der Waals surface area contributed by atoms with E-state index in [0.717, 1.165) is 32.0 Å². The van der Waals surface area contributed by atoms with Crippen LogP contribution in [-0.2, 0) is 13.1 Å². The predicted molar refractivity (Wildman–Crippen MR) is 95.5 cm³/mol. The molecule has 0 amide bonds. The number of aliphatic imine (C=N–C) groups is 1. The summed E-state index contributed by atoms with van der Waals surface area (Å²) in [4.78, 5) is 8.70. The second-order valence-electron chi connectivity index (χ2n) is 5.53. The molecule has 0 radical (unpaired) electrons. The van der Waals surface area contributed by atoms with Crippen molar-refractivity contribution in [2.75, 3.05) is 13.1 Å². The van der Waals surface area contributed by atoms with Gasteiger partial charge in [0.2, 0.25) is 0 Å². The summed E-state index contributed by atoms with van der Waals surface area (Å²) in [6.45, 7) is 7.66. The minimum atomic E-state index is 0.687. The number of benzene rings is 1. The summed E-state index contributed by atoms with van der Waals surface area (Å²) in [5.41, 5.74) is 2.48. The van der Waals surface area contributed by atoms with E-state index in [1.54, 1.807) is 6.20 Å². The summed E-state index contributed by atoms with van der Waals surface area (Å²) in [6.07, 6.45) is 7.96. The second kappa shape index (κ2) is 9.66. The van der Waals surface area contributed by atoms with Crippen LogP contribution in [0.5, 0.6) is 0 Å². The van der Waals surface area contributed by atoms with Crippen molar-refractivity contribution in [1.82, 2.24) is 20.2 Å². The van der Waals surface area contributed by atoms with Crippen molar-refractivity contribution in [3.8, 4) is 0 Å². The predicted octanol–water partition coefficient (Wildman–Crippen LogP) is 2.79. The number of guanidine groups is 1. The zero-order chi connectivity index (χ0) is 16.3. The normalized spacial score (nSPS) is 11.5. The number of aromatic nitrogens is 2. The lowest BCUT2D eigenvalue weighted by molar-refractivity contribution is 0.730. The lowest BCUT2D eigenvalue weighted by atomic mass is 10.1. The fourth-order valence-electron chi connectivity index (χ4n) is 2.24. The summed E-state index contributed by atoms with van der Waals surface area (Å²) in [5, 5.41) is 6.64. The molecular formula is C18H27N5. The molecule has 0 aliphatic heterocycles. The molecule has 23 heavy (non-hydrogen) atoms. The molecule has 1 aromatic heterocycles. The summed E-state index contributed by atoms with van der Waals surface area (Å²) < 4.78 is 2.06. The third-order valence-corrected chi connectivity index (χ3v) is 3.53. The van der Waals surface area contributed by atoms with Crippen LogP contribution in [0.2, 0.25) is 0 Å². The first-order valence-corrected chi connectivity index (χ1v) is 8.37. The summed E-state index contributed by atoms with van der Waals surface area (Å²) in [6, 6.07) is 8.60. The summed E-state index contributed by atoms with van der Waals surface area (Å²) >= 11 is 0. The molecule has 2 N–H and O–H groups in total. The van der Waals surface area contributed by atoms with Crippen molar-refractivity contribution in [3.63, 3.8) is 0 Å². The fourth-order valence-corrected chi connectivity index (χ4v) is 2.24. The number of hydrogen-bond donors (Lipinski definition) is 2. The van der Waals surface area contributed by atoms with Crippen molar-refractivity contribution < 1.29 is 0 Å². The maximum atomic E-state index is 4.64. The molecule has 0 atom stereocenters. The Labute approximate surface area is 138 Å². The average molecular weight is 313 g/mol. The van der Waals surface area contributed by atoms with Gasteiger partial charge < -0.3 is 15.2 Å². The molecule has 0 saturated carbocycles. The van der Waals surface area contributed by atoms with Crippen LogP contribution in [0.1, 0.15) is 37.8 Å². The number of rotatable bonds is 8. The Morgan fingerprint density at radius 2 is 1.91 bits per heavy atom. The standard InChI is InChI=1S/C18H27N5/c1-3-5-10-21-18(20-4-2)22-13-16-6-8-17(9-7-16)14-23-12-11-19-15-23/h6-9,11-12,15H,3-5,10,13-14H2,1-2H3,(H2,20,21,22). The van der Waals surface area contributed by atoms with Crippen molar-refractivity contribution in [1.29, 1.82) is 0 Å². The zero-order valence-electron chi connectivity index (χ0n) is 14.1. The molecule has 0 spiro atoms. The highest BCUT2D eigenvalue weighted by atomic mass is 15.2. The van der Waals surface area contributed by atoms with Gasteiger partial charge in [-0.3, -0.25) is 0 Å². The lowest BCUT2D eigenvalue weighted by Crippen LogP contribution is -2.37. The molecule has 0 saturated heterocycles. The third-order valence-electron chi connectivity index (χ3n) is 3.53. The molecule has 0 fully saturated rings. The Balaban J connectivity index is 1.89.